The number of phenols is 18. The number of carbonyl (C=O) groups is 5. The highest BCUT2D eigenvalue weighted by molar-refractivity contribution is 6.24. The predicted molar refractivity (Wildman–Crippen MR) is 279 cm³/mol. The van der Waals surface area contributed by atoms with E-state index in [1.807, 2.05) is 0 Å². The molecule has 0 bridgehead atoms. The molecule has 34 heteroatoms. The molecule has 3 aliphatic rings. The van der Waals surface area contributed by atoms with Crippen LogP contribution in [-0.2, 0) is 28.4 Å². The van der Waals surface area contributed by atoms with Gasteiger partial charge >= 0.3 is 41.1 Å². The Morgan fingerprint density at radius 3 is 1.34 bits per heavy atom. The summed E-state index contributed by atoms with van der Waals surface area (Å²) >= 11 is 0. The number of esters is 5. The number of aromatic hydroxyl groups is 18. The fraction of sp³-hybridized carbons (Fsp3) is 0.109. The molecule has 9 aromatic rings. The van der Waals surface area contributed by atoms with Crippen molar-refractivity contribution < 1.29 is 158 Å². The smallest absolute Gasteiger partial charge is 0.348 e. The minimum Gasteiger partial charge on any atom is -0.504 e. The summed E-state index contributed by atoms with van der Waals surface area (Å²) in [7, 11) is 0. The normalized spacial score (nSPS) is 18.2. The fourth-order valence-corrected chi connectivity index (χ4v) is 10.4. The van der Waals surface area contributed by atoms with Crippen LogP contribution in [-0.4, -0.2) is 159 Å². The Morgan fingerprint density at radius 1 is 0.404 bits per heavy atom. The first kappa shape index (κ1) is 56.5. The summed E-state index contributed by atoms with van der Waals surface area (Å²) in [6.45, 7) is -1.39. The molecule has 5 atom stereocenters. The summed E-state index contributed by atoms with van der Waals surface area (Å²) < 4.78 is 50.3. The van der Waals surface area contributed by atoms with Crippen LogP contribution in [0.15, 0.2) is 60.9 Å². The minimum absolute atomic E-state index is 0.351. The van der Waals surface area contributed by atoms with Gasteiger partial charge in [-0.1, -0.05) is 0 Å². The lowest BCUT2D eigenvalue weighted by Crippen LogP contribution is -2.63. The van der Waals surface area contributed by atoms with E-state index < -0.39 is 276 Å². The van der Waals surface area contributed by atoms with Crippen molar-refractivity contribution in [3.05, 3.63) is 91.1 Å². The number of benzene rings is 7. The Hall–Kier alpha value is -13.0. The zero-order chi connectivity index (χ0) is 64.2. The molecule has 0 unspecified atom stereocenters. The number of hydrogen-bond acceptors (Lipinski definition) is 34. The van der Waals surface area contributed by atoms with Crippen LogP contribution in [0, 0.1) is 0 Å². The van der Waals surface area contributed by atoms with Crippen molar-refractivity contribution in [2.45, 2.75) is 30.7 Å². The third-order valence-corrected chi connectivity index (χ3v) is 14.5. The summed E-state index contributed by atoms with van der Waals surface area (Å²) in [6, 6.07) is 3.08. The van der Waals surface area contributed by atoms with Crippen molar-refractivity contribution in [2.24, 2.45) is 0 Å². The molecule has 3 aliphatic heterocycles. The molecule has 7 aromatic carbocycles. The summed E-state index contributed by atoms with van der Waals surface area (Å²) in [5.41, 5.74) is -14.9. The molecule has 1 fully saturated rings. The topological polar surface area (TPSA) is 575 Å². The second-order valence-corrected chi connectivity index (χ2v) is 19.5. The van der Waals surface area contributed by atoms with Gasteiger partial charge in [0.15, 0.2) is 92.4 Å². The van der Waals surface area contributed by atoms with Crippen LogP contribution in [0.25, 0.3) is 55.0 Å². The van der Waals surface area contributed by atoms with E-state index in [0.29, 0.717) is 42.5 Å². The van der Waals surface area contributed by atoms with E-state index in [9.17, 15) is 125 Å². The van der Waals surface area contributed by atoms with Crippen molar-refractivity contribution in [2.75, 3.05) is 6.61 Å². The average Bonchev–Trinajstić information content (AvgIpc) is 0.886. The maximum atomic E-state index is 14.8. The number of rotatable bonds is 4. The monoisotopic (exact) mass is 1240 g/mol. The van der Waals surface area contributed by atoms with E-state index in [1.54, 1.807) is 0 Å². The molecule has 34 nitrogen and oxygen atoms in total. The lowest BCUT2D eigenvalue weighted by Gasteiger charge is -2.44. The van der Waals surface area contributed by atoms with Gasteiger partial charge in [0.2, 0.25) is 58.4 Å². The molecule has 12 rings (SSSR count). The average molecular weight is 1240 g/mol. The molecular weight excluding hydrogens is 1200 g/mol. The molecule has 1 saturated heterocycles. The van der Waals surface area contributed by atoms with Crippen molar-refractivity contribution in [3.8, 4) is 137 Å². The first-order valence-corrected chi connectivity index (χ1v) is 24.7. The Morgan fingerprint density at radius 2 is 0.831 bits per heavy atom. The van der Waals surface area contributed by atoms with Crippen LogP contribution in [0.4, 0.5) is 0 Å². The lowest BCUT2D eigenvalue weighted by atomic mass is 9.91. The van der Waals surface area contributed by atoms with Crippen molar-refractivity contribution >= 4 is 62.6 Å². The van der Waals surface area contributed by atoms with Gasteiger partial charge in [0.1, 0.15) is 18.1 Å². The molecule has 0 spiro atoms. The van der Waals surface area contributed by atoms with Crippen LogP contribution in [0.5, 0.6) is 115 Å². The first-order chi connectivity index (χ1) is 42.0. The third kappa shape index (κ3) is 8.26. The van der Waals surface area contributed by atoms with Gasteiger partial charge in [-0.3, -0.25) is 0 Å². The van der Waals surface area contributed by atoms with Crippen molar-refractivity contribution in [1.29, 1.82) is 0 Å². The van der Waals surface area contributed by atoms with Gasteiger partial charge in [0.25, 0.3) is 0 Å². The lowest BCUT2D eigenvalue weighted by molar-refractivity contribution is -0.282. The van der Waals surface area contributed by atoms with Crippen molar-refractivity contribution in [1.82, 2.24) is 0 Å². The number of phenolic OH excluding ortho intramolecular Hbond substituents is 18. The number of carbonyl (C=O) groups excluding carboxylic acids is 5. The Kier molecular flexibility index (Phi) is 12.4. The second kappa shape index (κ2) is 19.5. The van der Waals surface area contributed by atoms with E-state index in [4.69, 9.17) is 42.0 Å². The number of cyclic esters (lactones) is 1. The van der Waals surface area contributed by atoms with E-state index in [0.717, 1.165) is 0 Å². The minimum atomic E-state index is -2.76. The van der Waals surface area contributed by atoms with E-state index in [1.165, 1.54) is 0 Å². The summed E-state index contributed by atoms with van der Waals surface area (Å²) in [5, 5.41) is 193. The standard InChI is InChI=1S/C55H32O34/c56-15-1-9(2-21(30(15)62)82-45-29-28-27-14(53(79)85-44(28)40(72)41(45)73)7-20(61)35(67)43(27)86-54(29)80)48(74)89-55-47-46(87-51(77)12-5-18(59)33(65)38(70)25(12)26-13(52(78)88-47)6-19(60)34(66)39(26)71)42-22(83-55)8-81-49(75)10-3-16(57)31(63)36(68)23(10)24-11(50(76)84-42)4-17(58)32(64)37(24)69/h1-7,22,42,46-47,55-73H,8H2/t22-,42-,46+,47-,55+/m1/s1. The van der Waals surface area contributed by atoms with Gasteiger partial charge in [0, 0.05) is 27.6 Å². The SMILES string of the molecule is O=C(O[C@@H]1O[C@@H]2COC(=O)c3cc(O)c(O)c(O)c3-c3c(cc(O)c(O)c3O)C(=O)O[C@H]2[C@@H]2OC(=O)c3cc(O)c(O)c(O)c3-c3c(cc(O)c(O)c3O)C(=O)O[C@@H]12)c1cc(O)c(O)c(Oc2c(O)c(O)c3oc(=O)c4cc(O)c(O)c5oc(=O)c2c3c54)c1. The maximum absolute atomic E-state index is 14.8. The Labute approximate surface area is 485 Å². The highest BCUT2D eigenvalue weighted by atomic mass is 16.7. The summed E-state index contributed by atoms with van der Waals surface area (Å²) in [5.74, 6) is -36.3. The first-order valence-electron chi connectivity index (χ1n) is 24.7. The Bertz CT molecular complexity index is 4860. The molecule has 2 aromatic heterocycles. The van der Waals surface area contributed by atoms with Gasteiger partial charge < -0.3 is 134 Å². The highest BCUT2D eigenvalue weighted by Crippen LogP contribution is 2.57. The number of ether oxygens (including phenoxy) is 7. The van der Waals surface area contributed by atoms with Gasteiger partial charge in [-0.05, 0) is 42.5 Å². The van der Waals surface area contributed by atoms with E-state index >= 15 is 0 Å². The zero-order valence-electron chi connectivity index (χ0n) is 43.2. The zero-order valence-corrected chi connectivity index (χ0v) is 43.2. The molecule has 456 valence electrons. The summed E-state index contributed by atoms with van der Waals surface area (Å²) in [6.07, 6.45) is -13.1. The second-order valence-electron chi connectivity index (χ2n) is 19.5. The van der Waals surface area contributed by atoms with Gasteiger partial charge in [-0.25, -0.2) is 33.6 Å². The number of hydrogen-bond donors (Lipinski definition) is 18. The molecule has 0 saturated carbocycles. The molecule has 18 N–H and O–H groups in total. The quantitative estimate of drug-likeness (QED) is 0.0395. The molecule has 0 radical (unpaired) electrons. The van der Waals surface area contributed by atoms with Crippen LogP contribution in [0.1, 0.15) is 51.8 Å². The number of fused-ring (bicyclic) bond motifs is 9. The molecule has 0 amide bonds. The maximum Gasteiger partial charge on any atom is 0.348 e. The predicted octanol–water partition coefficient (Wildman–Crippen LogP) is 3.36. The largest absolute Gasteiger partial charge is 0.504 e. The molecule has 0 aliphatic carbocycles. The highest BCUT2D eigenvalue weighted by Gasteiger charge is 2.56. The summed E-state index contributed by atoms with van der Waals surface area (Å²) in [4.78, 5) is 99.8. The van der Waals surface area contributed by atoms with E-state index in [2.05, 4.69) is 0 Å². The molecule has 5 heterocycles. The van der Waals surface area contributed by atoms with Crippen LogP contribution < -0.4 is 16.0 Å². The molecule has 89 heavy (non-hydrogen) atoms. The van der Waals surface area contributed by atoms with Crippen LogP contribution >= 0.6 is 0 Å². The van der Waals surface area contributed by atoms with Gasteiger partial charge in [-0.15, -0.1) is 0 Å². The third-order valence-electron chi connectivity index (χ3n) is 14.5. The van der Waals surface area contributed by atoms with Gasteiger partial charge in [0.05, 0.1) is 38.6 Å². The van der Waals surface area contributed by atoms with E-state index in [-0.39, 0.29) is 0 Å². The van der Waals surface area contributed by atoms with Crippen molar-refractivity contribution in [3.63, 3.8) is 0 Å². The van der Waals surface area contributed by atoms with Crippen LogP contribution in [0.2, 0.25) is 0 Å². The Balaban J connectivity index is 1.02. The molecular formula is C55H32O34. The van der Waals surface area contributed by atoms with Crippen LogP contribution in [0.3, 0.4) is 0 Å². The fourth-order valence-electron chi connectivity index (χ4n) is 10.4. The van der Waals surface area contributed by atoms with Gasteiger partial charge in [-0.2, -0.15) is 0 Å².